The quantitative estimate of drug-likeness (QED) is 0.153. The molecule has 0 radical (unpaired) electrons. The van der Waals surface area contributed by atoms with E-state index in [9.17, 15) is 23.1 Å². The zero-order chi connectivity index (χ0) is 34.9. The van der Waals surface area contributed by atoms with E-state index < -0.39 is 39.8 Å². The monoisotopic (exact) mass is 689 g/mol. The summed E-state index contributed by atoms with van der Waals surface area (Å²) < 4.78 is 46.4. The number of anilines is 1. The van der Waals surface area contributed by atoms with Crippen molar-refractivity contribution in [3.05, 3.63) is 60.2 Å². The summed E-state index contributed by atoms with van der Waals surface area (Å²) in [5.41, 5.74) is 6.61. The number of nitrogens with two attached hydrogens (primary N) is 1. The maximum absolute atomic E-state index is 14.1. The number of rotatable bonds is 16. The number of urea groups is 1. The Kier molecular flexibility index (Phi) is 13.1. The Labute approximate surface area is 284 Å². The number of nitrogens with one attached hydrogen (secondary N) is 2. The predicted octanol–water partition coefficient (Wildman–Crippen LogP) is 3.19. The van der Waals surface area contributed by atoms with Crippen LogP contribution in [0.25, 0.3) is 0 Å². The minimum Gasteiger partial charge on any atom is -0.443 e. The van der Waals surface area contributed by atoms with Crippen LogP contribution in [0.15, 0.2) is 59.5 Å². The van der Waals surface area contributed by atoms with Crippen LogP contribution in [0.5, 0.6) is 0 Å². The van der Waals surface area contributed by atoms with Crippen molar-refractivity contribution < 1.29 is 37.3 Å². The molecule has 2 heterocycles. The number of alkyl carbamates (subject to hydrolysis) is 1. The molecule has 4 rings (SSSR count). The summed E-state index contributed by atoms with van der Waals surface area (Å²) in [4.78, 5) is 26.5. The summed E-state index contributed by atoms with van der Waals surface area (Å²) in [6, 6.07) is 14.4. The van der Waals surface area contributed by atoms with Gasteiger partial charge in [-0.15, -0.1) is 0 Å². The van der Waals surface area contributed by atoms with Gasteiger partial charge < -0.3 is 40.6 Å². The Morgan fingerprint density at radius 3 is 2.56 bits per heavy atom. The molecule has 5 atom stereocenters. The lowest BCUT2D eigenvalue weighted by atomic mass is 9.87. The summed E-state index contributed by atoms with van der Waals surface area (Å²) in [6.45, 7) is 5.01. The van der Waals surface area contributed by atoms with Crippen LogP contribution in [0.1, 0.15) is 45.1 Å². The van der Waals surface area contributed by atoms with Gasteiger partial charge in [-0.1, -0.05) is 56.7 Å². The Hall–Kier alpha value is -3.43. The third-order valence-electron chi connectivity index (χ3n) is 8.76. The smallest absolute Gasteiger partial charge is 0.407 e. The molecule has 0 bridgehead atoms. The first-order valence-electron chi connectivity index (χ1n) is 16.5. The number of ether oxygens (including phenoxy) is 3. The molecule has 2 aromatic rings. The molecule has 0 unspecified atom stereocenters. The summed E-state index contributed by atoms with van der Waals surface area (Å²) >= 11 is 0. The van der Waals surface area contributed by atoms with Crippen LogP contribution in [0.4, 0.5) is 15.3 Å². The van der Waals surface area contributed by atoms with Gasteiger partial charge in [0.1, 0.15) is 6.10 Å². The van der Waals surface area contributed by atoms with Crippen LogP contribution < -0.4 is 16.4 Å². The van der Waals surface area contributed by atoms with E-state index in [1.807, 2.05) is 44.2 Å². The topological polar surface area (TPSA) is 173 Å². The van der Waals surface area contributed by atoms with Crippen molar-refractivity contribution in [2.24, 2.45) is 11.3 Å². The minimum absolute atomic E-state index is 0.0125. The van der Waals surface area contributed by atoms with Gasteiger partial charge in [0, 0.05) is 39.4 Å². The molecule has 2 aromatic carbocycles. The fourth-order valence-corrected chi connectivity index (χ4v) is 7.77. The van der Waals surface area contributed by atoms with Crippen molar-refractivity contribution >= 4 is 27.8 Å². The van der Waals surface area contributed by atoms with E-state index in [-0.39, 0.29) is 49.3 Å². The normalized spacial score (nSPS) is 20.6. The number of aliphatic hydroxyl groups is 1. The van der Waals surface area contributed by atoms with E-state index in [0.29, 0.717) is 25.3 Å². The Morgan fingerprint density at radius 1 is 1.10 bits per heavy atom. The fraction of sp³-hybridized carbons (Fsp3) is 0.588. The molecule has 2 aliphatic rings. The summed E-state index contributed by atoms with van der Waals surface area (Å²) in [5.74, 6) is -0.0568. The molecular weight excluding hydrogens is 638 g/mol. The minimum atomic E-state index is -4.11. The van der Waals surface area contributed by atoms with Crippen LogP contribution in [0.2, 0.25) is 0 Å². The summed E-state index contributed by atoms with van der Waals surface area (Å²) in [7, 11) is -0.762. The van der Waals surface area contributed by atoms with E-state index in [0.717, 1.165) is 24.8 Å². The van der Waals surface area contributed by atoms with Gasteiger partial charge in [-0.05, 0) is 54.9 Å². The summed E-state index contributed by atoms with van der Waals surface area (Å²) in [6.07, 6.45) is 0.199. The standard InChI is InChI=1S/C34H51N5O8S/c1-34(2,16-8-9-17-36-32(41)38(3)4)23-39(48(43,44)26-14-10-13-25(35)20-26)21-29(40)28(19-24-11-6-5-7-12-24)37-33(42)47-30-22-46-31-27(30)15-18-45-31/h5-7,10-14,20,27-31,40H,8-9,15-19,21-23,35H2,1-4H3,(H,36,41)(H,37,42)/t27-,28-,29+,30-,31+/m0/s1. The van der Waals surface area contributed by atoms with Gasteiger partial charge in [-0.25, -0.2) is 18.0 Å². The van der Waals surface area contributed by atoms with Crippen molar-refractivity contribution in [2.45, 2.75) is 75.4 Å². The van der Waals surface area contributed by atoms with Crippen LogP contribution >= 0.6 is 0 Å². The third-order valence-corrected chi connectivity index (χ3v) is 10.6. The van der Waals surface area contributed by atoms with Crippen LogP contribution in [0, 0.1) is 11.3 Å². The molecule has 0 saturated carbocycles. The average Bonchev–Trinajstić information content (AvgIpc) is 3.65. The van der Waals surface area contributed by atoms with Crippen molar-refractivity contribution in [2.75, 3.05) is 52.7 Å². The van der Waals surface area contributed by atoms with Crippen molar-refractivity contribution in [3.63, 3.8) is 0 Å². The first-order valence-corrected chi connectivity index (χ1v) is 17.9. The SMILES string of the molecule is CN(C)C(=O)NCCCCC(C)(C)CN(C[C@@H](O)[C@H](Cc1ccccc1)NC(=O)O[C@H]1CO[C@H]2OCC[C@H]21)S(=O)(=O)c1cccc(N)c1. The number of benzene rings is 2. The highest BCUT2D eigenvalue weighted by Crippen LogP contribution is 2.33. The lowest BCUT2D eigenvalue weighted by molar-refractivity contribution is -0.0907. The van der Waals surface area contributed by atoms with Crippen molar-refractivity contribution in [3.8, 4) is 0 Å². The van der Waals surface area contributed by atoms with E-state index in [1.165, 1.54) is 21.3 Å². The van der Waals surface area contributed by atoms with Gasteiger partial charge in [0.15, 0.2) is 6.29 Å². The molecule has 13 nitrogen and oxygen atoms in total. The second-order valence-electron chi connectivity index (χ2n) is 13.6. The van der Waals surface area contributed by atoms with E-state index in [2.05, 4.69) is 10.6 Å². The second-order valence-corrected chi connectivity index (χ2v) is 15.5. The lowest BCUT2D eigenvalue weighted by Crippen LogP contribution is -2.52. The maximum Gasteiger partial charge on any atom is 0.407 e. The molecule has 14 heteroatoms. The Bertz CT molecular complexity index is 1460. The molecule has 2 aliphatic heterocycles. The first kappa shape index (κ1) is 37.4. The van der Waals surface area contributed by atoms with Crippen molar-refractivity contribution in [1.29, 1.82) is 0 Å². The molecule has 48 heavy (non-hydrogen) atoms. The number of fused-ring (bicyclic) bond motifs is 1. The lowest BCUT2D eigenvalue weighted by Gasteiger charge is -2.35. The molecule has 2 fully saturated rings. The van der Waals surface area contributed by atoms with Gasteiger partial charge >= 0.3 is 12.1 Å². The van der Waals surface area contributed by atoms with Gasteiger partial charge in [0.2, 0.25) is 10.0 Å². The molecule has 3 amide bonds. The first-order chi connectivity index (χ1) is 22.7. The Morgan fingerprint density at radius 2 is 1.85 bits per heavy atom. The van der Waals surface area contributed by atoms with Gasteiger partial charge in [0.05, 0.1) is 36.2 Å². The molecule has 266 valence electrons. The number of sulfonamides is 1. The zero-order valence-electron chi connectivity index (χ0n) is 28.3. The number of carbonyl (C=O) groups is 2. The third kappa shape index (κ3) is 10.5. The molecule has 0 spiro atoms. The number of aliphatic hydroxyl groups excluding tert-OH is 1. The molecule has 0 aromatic heterocycles. The fourth-order valence-electron chi connectivity index (χ4n) is 6.07. The van der Waals surface area contributed by atoms with E-state index >= 15 is 0 Å². The number of hydrogen-bond donors (Lipinski definition) is 4. The summed E-state index contributed by atoms with van der Waals surface area (Å²) in [5, 5.41) is 17.4. The van der Waals surface area contributed by atoms with Gasteiger partial charge in [-0.3, -0.25) is 0 Å². The molecule has 2 saturated heterocycles. The number of unbranched alkanes of at least 4 members (excludes halogenated alkanes) is 1. The number of hydrogen-bond acceptors (Lipinski definition) is 9. The number of nitrogens with zero attached hydrogens (tertiary/aromatic N) is 2. The highest BCUT2D eigenvalue weighted by molar-refractivity contribution is 7.89. The van der Waals surface area contributed by atoms with E-state index in [4.69, 9.17) is 19.9 Å². The largest absolute Gasteiger partial charge is 0.443 e. The predicted molar refractivity (Wildman–Crippen MR) is 181 cm³/mol. The van der Waals surface area contributed by atoms with Crippen LogP contribution in [0.3, 0.4) is 0 Å². The van der Waals surface area contributed by atoms with Crippen LogP contribution in [-0.2, 0) is 30.7 Å². The number of amides is 3. The van der Waals surface area contributed by atoms with E-state index in [1.54, 1.807) is 26.2 Å². The zero-order valence-corrected chi connectivity index (χ0v) is 29.2. The number of nitrogen functional groups attached to an aromatic ring is 1. The maximum atomic E-state index is 14.1. The number of carbonyl (C=O) groups excluding carboxylic acids is 2. The highest BCUT2D eigenvalue weighted by Gasteiger charge is 2.44. The second kappa shape index (κ2) is 16.8. The Balaban J connectivity index is 1.50. The average molecular weight is 690 g/mol. The van der Waals surface area contributed by atoms with Gasteiger partial charge in [-0.2, -0.15) is 4.31 Å². The molecular formula is C34H51N5O8S. The molecule has 5 N–H and O–H groups in total. The molecule has 0 aliphatic carbocycles. The van der Waals surface area contributed by atoms with Gasteiger partial charge in [0.25, 0.3) is 0 Å². The van der Waals surface area contributed by atoms with Crippen molar-refractivity contribution in [1.82, 2.24) is 19.8 Å². The van der Waals surface area contributed by atoms with Crippen LogP contribution in [-0.4, -0.2) is 106 Å². The highest BCUT2D eigenvalue weighted by atomic mass is 32.2.